The van der Waals surface area contributed by atoms with E-state index in [1.807, 2.05) is 0 Å². The van der Waals surface area contributed by atoms with Crippen molar-refractivity contribution in [2.24, 2.45) is 5.92 Å². The molecule has 2 heterocycles. The summed E-state index contributed by atoms with van der Waals surface area (Å²) in [6.07, 6.45) is 7.91. The minimum absolute atomic E-state index is 0.0395. The summed E-state index contributed by atoms with van der Waals surface area (Å²) in [6.45, 7) is 1.17. The Morgan fingerprint density at radius 3 is 2.47 bits per heavy atom. The first-order valence-corrected chi connectivity index (χ1v) is 11.7. The molecule has 9 nitrogen and oxygen atoms in total. The number of carboxylic acids is 1. The number of carbonyl (C=O) groups is 4. The third-order valence-electron chi connectivity index (χ3n) is 6.17. The molecule has 4 rings (SSSR count). The van der Waals surface area contributed by atoms with Crippen LogP contribution in [0.3, 0.4) is 0 Å². The fraction of sp³-hybridized carbons (Fsp3) is 0.400. The lowest BCUT2D eigenvalue weighted by atomic mass is 10.1. The zero-order chi connectivity index (χ0) is 24.1. The van der Waals surface area contributed by atoms with Crippen molar-refractivity contribution in [1.29, 1.82) is 0 Å². The second-order valence-electron chi connectivity index (χ2n) is 8.70. The van der Waals surface area contributed by atoms with Gasteiger partial charge in [0.1, 0.15) is 5.82 Å². The van der Waals surface area contributed by atoms with Crippen LogP contribution in [-0.4, -0.2) is 58.4 Å². The van der Waals surface area contributed by atoms with Gasteiger partial charge in [-0.05, 0) is 43.0 Å². The van der Waals surface area contributed by atoms with E-state index < -0.39 is 17.9 Å². The molecule has 9 heteroatoms. The second-order valence-corrected chi connectivity index (χ2v) is 8.70. The lowest BCUT2D eigenvalue weighted by Gasteiger charge is -2.33. The van der Waals surface area contributed by atoms with Crippen molar-refractivity contribution in [1.82, 2.24) is 15.2 Å². The Hall–Kier alpha value is -3.75. The number of imide groups is 1. The van der Waals surface area contributed by atoms with E-state index in [1.165, 1.54) is 48.6 Å². The fourth-order valence-corrected chi connectivity index (χ4v) is 4.07. The fourth-order valence-electron chi connectivity index (χ4n) is 4.07. The maximum Gasteiger partial charge on any atom is 0.336 e. The molecule has 1 aliphatic carbocycles. The van der Waals surface area contributed by atoms with Gasteiger partial charge in [0, 0.05) is 25.8 Å². The van der Waals surface area contributed by atoms with Crippen molar-refractivity contribution < 1.29 is 24.3 Å². The van der Waals surface area contributed by atoms with Gasteiger partial charge in [0.25, 0.3) is 11.8 Å². The highest BCUT2D eigenvalue weighted by molar-refractivity contribution is 6.12. The van der Waals surface area contributed by atoms with Gasteiger partial charge in [0.15, 0.2) is 0 Å². The number of benzene rings is 1. The Morgan fingerprint density at radius 2 is 1.79 bits per heavy atom. The minimum Gasteiger partial charge on any atom is -0.478 e. The first kappa shape index (κ1) is 23.4. The number of unbranched alkanes of at least 4 members (excludes halogenated alkanes) is 1. The lowest BCUT2D eigenvalue weighted by Crippen LogP contribution is -2.52. The van der Waals surface area contributed by atoms with Gasteiger partial charge in [0.2, 0.25) is 0 Å². The predicted octanol–water partition coefficient (Wildman–Crippen LogP) is 3.56. The van der Waals surface area contributed by atoms with Crippen LogP contribution >= 0.6 is 0 Å². The van der Waals surface area contributed by atoms with E-state index in [1.54, 1.807) is 18.2 Å². The first-order valence-electron chi connectivity index (χ1n) is 11.7. The second kappa shape index (κ2) is 10.5. The molecular formula is C25H28N4O5. The number of amides is 4. The van der Waals surface area contributed by atoms with E-state index in [0.717, 1.165) is 23.7 Å². The summed E-state index contributed by atoms with van der Waals surface area (Å²) in [6, 6.07) is 8.44. The molecule has 1 saturated carbocycles. The minimum atomic E-state index is -1.23. The highest BCUT2D eigenvalue weighted by Gasteiger charge is 2.34. The first-order chi connectivity index (χ1) is 16.5. The molecule has 2 fully saturated rings. The molecule has 2 N–H and O–H groups in total. The van der Waals surface area contributed by atoms with Gasteiger partial charge in [-0.3, -0.25) is 19.4 Å². The number of carbonyl (C=O) groups excluding carboxylic acids is 3. The highest BCUT2D eigenvalue weighted by Crippen LogP contribution is 2.33. The highest BCUT2D eigenvalue weighted by atomic mass is 16.4. The summed E-state index contributed by atoms with van der Waals surface area (Å²) in [5.41, 5.74) is 0.208. The number of aromatic nitrogens is 1. The molecule has 1 aliphatic heterocycles. The summed E-state index contributed by atoms with van der Waals surface area (Å²) >= 11 is 0. The standard InChI is InChI=1S/C25H28N4O5/c30-22(26-13-4-3-6-17-9-10-17)18-11-12-21(27-16-18)28-14-5-15-29(25(28)34)23(31)19-7-1-2-8-20(19)24(32)33/h1-2,7-8,11-12,16-17H,3-6,9-10,13-15H2,(H,26,30)(H,32,33). The quantitative estimate of drug-likeness (QED) is 0.548. The topological polar surface area (TPSA) is 120 Å². The van der Waals surface area contributed by atoms with Crippen molar-refractivity contribution in [3.05, 3.63) is 59.3 Å². The molecule has 0 bridgehead atoms. The molecule has 0 radical (unpaired) electrons. The number of nitrogens with one attached hydrogen (secondary N) is 1. The van der Waals surface area contributed by atoms with Gasteiger partial charge < -0.3 is 10.4 Å². The third kappa shape index (κ3) is 5.41. The van der Waals surface area contributed by atoms with Crippen molar-refractivity contribution in [2.75, 3.05) is 24.5 Å². The van der Waals surface area contributed by atoms with Gasteiger partial charge >= 0.3 is 12.0 Å². The summed E-state index contributed by atoms with van der Waals surface area (Å²) in [5, 5.41) is 12.3. The molecule has 34 heavy (non-hydrogen) atoms. The maximum absolute atomic E-state index is 13.1. The number of aromatic carboxylic acids is 1. The molecule has 4 amide bonds. The van der Waals surface area contributed by atoms with E-state index in [4.69, 9.17) is 0 Å². The zero-order valence-corrected chi connectivity index (χ0v) is 18.9. The average molecular weight is 465 g/mol. The normalized spacial score (nSPS) is 15.8. The molecular weight excluding hydrogens is 436 g/mol. The van der Waals surface area contributed by atoms with E-state index in [2.05, 4.69) is 10.3 Å². The molecule has 0 atom stereocenters. The molecule has 178 valence electrons. The Labute approximate surface area is 197 Å². The average Bonchev–Trinajstić information content (AvgIpc) is 3.68. The summed E-state index contributed by atoms with van der Waals surface area (Å²) in [4.78, 5) is 56.6. The number of pyridine rings is 1. The molecule has 2 aliphatic rings. The van der Waals surface area contributed by atoms with Crippen molar-refractivity contribution in [3.8, 4) is 0 Å². The predicted molar refractivity (Wildman–Crippen MR) is 125 cm³/mol. The van der Waals surface area contributed by atoms with Gasteiger partial charge in [-0.25, -0.2) is 14.6 Å². The smallest absolute Gasteiger partial charge is 0.336 e. The van der Waals surface area contributed by atoms with E-state index >= 15 is 0 Å². The number of hydrogen-bond donors (Lipinski definition) is 2. The Kier molecular flexibility index (Phi) is 7.20. The third-order valence-corrected chi connectivity index (χ3v) is 6.17. The van der Waals surface area contributed by atoms with Crippen LogP contribution in [0.2, 0.25) is 0 Å². The summed E-state index contributed by atoms with van der Waals surface area (Å²) in [7, 11) is 0. The van der Waals surface area contributed by atoms with Crippen LogP contribution in [0.1, 0.15) is 69.6 Å². The largest absolute Gasteiger partial charge is 0.478 e. The summed E-state index contributed by atoms with van der Waals surface area (Å²) < 4.78 is 0. The van der Waals surface area contributed by atoms with E-state index in [-0.39, 0.29) is 23.6 Å². The van der Waals surface area contributed by atoms with Gasteiger partial charge in [-0.1, -0.05) is 37.8 Å². The SMILES string of the molecule is O=C(NCCCCC1CC1)c1ccc(N2CCCN(C(=O)c3ccccc3C(=O)O)C2=O)nc1. The molecule has 2 aromatic rings. The maximum atomic E-state index is 13.1. The van der Waals surface area contributed by atoms with Crippen LogP contribution in [0.5, 0.6) is 0 Å². The number of urea groups is 1. The number of hydrogen-bond acceptors (Lipinski definition) is 5. The van der Waals surface area contributed by atoms with Gasteiger partial charge in [-0.15, -0.1) is 0 Å². The number of nitrogens with zero attached hydrogens (tertiary/aromatic N) is 3. The lowest BCUT2D eigenvalue weighted by molar-refractivity contribution is 0.0680. The molecule has 1 saturated heterocycles. The van der Waals surface area contributed by atoms with Crippen LogP contribution in [0.4, 0.5) is 10.6 Å². The Morgan fingerprint density at radius 1 is 1.03 bits per heavy atom. The molecule has 1 aromatic carbocycles. The Bertz CT molecular complexity index is 1080. The van der Waals surface area contributed by atoms with Crippen LogP contribution in [0.15, 0.2) is 42.6 Å². The number of carboxylic acid groups (broad SMARTS) is 1. The van der Waals surface area contributed by atoms with Crippen LogP contribution in [-0.2, 0) is 0 Å². The van der Waals surface area contributed by atoms with E-state index in [0.29, 0.717) is 30.9 Å². The zero-order valence-electron chi connectivity index (χ0n) is 18.9. The monoisotopic (exact) mass is 464 g/mol. The number of rotatable bonds is 9. The molecule has 0 unspecified atom stereocenters. The van der Waals surface area contributed by atoms with Crippen molar-refractivity contribution >= 4 is 29.6 Å². The van der Waals surface area contributed by atoms with Crippen LogP contribution < -0.4 is 10.2 Å². The Balaban J connectivity index is 1.38. The van der Waals surface area contributed by atoms with Crippen LogP contribution in [0.25, 0.3) is 0 Å². The van der Waals surface area contributed by atoms with Gasteiger partial charge in [0.05, 0.1) is 16.7 Å². The molecule has 0 spiro atoms. The van der Waals surface area contributed by atoms with Crippen LogP contribution in [0, 0.1) is 5.92 Å². The number of anilines is 1. The van der Waals surface area contributed by atoms with Crippen molar-refractivity contribution in [3.63, 3.8) is 0 Å². The van der Waals surface area contributed by atoms with Crippen molar-refractivity contribution in [2.45, 2.75) is 38.5 Å². The van der Waals surface area contributed by atoms with E-state index in [9.17, 15) is 24.3 Å². The van der Waals surface area contributed by atoms with Gasteiger partial charge in [-0.2, -0.15) is 0 Å². The summed E-state index contributed by atoms with van der Waals surface area (Å²) in [5.74, 6) is -0.885. The molecule has 1 aromatic heterocycles.